The smallest absolute Gasteiger partial charge is 0.335 e. The van der Waals surface area contributed by atoms with Gasteiger partial charge in [-0.15, -0.1) is 5.73 Å². The van der Waals surface area contributed by atoms with Crippen LogP contribution in [0.4, 0.5) is 0 Å². The van der Waals surface area contributed by atoms with Gasteiger partial charge in [0.15, 0.2) is 11.9 Å². The molecule has 0 amide bonds. The van der Waals surface area contributed by atoms with E-state index in [-0.39, 0.29) is 30.6 Å². The topological polar surface area (TPSA) is 63.6 Å². The summed E-state index contributed by atoms with van der Waals surface area (Å²) in [7, 11) is 0. The second-order valence-electron chi connectivity index (χ2n) is 6.54. The van der Waals surface area contributed by atoms with Crippen molar-refractivity contribution < 1.29 is 19.4 Å². The molecule has 0 aromatic carbocycles. The maximum atomic E-state index is 12.0. The summed E-state index contributed by atoms with van der Waals surface area (Å²) in [4.78, 5) is 23.3. The van der Waals surface area contributed by atoms with E-state index in [2.05, 4.69) is 24.8 Å². The van der Waals surface area contributed by atoms with Gasteiger partial charge in [0.25, 0.3) is 0 Å². The minimum absolute atomic E-state index is 0.0715. The Balaban J connectivity index is 2.41. The molecule has 0 heterocycles. The summed E-state index contributed by atoms with van der Waals surface area (Å²) in [6.07, 6.45) is 17.0. The van der Waals surface area contributed by atoms with Gasteiger partial charge in [0.2, 0.25) is 0 Å². The van der Waals surface area contributed by atoms with Crippen LogP contribution >= 0.6 is 0 Å². The number of ether oxygens (including phenoxy) is 1. The van der Waals surface area contributed by atoms with Crippen molar-refractivity contribution in [1.82, 2.24) is 0 Å². The van der Waals surface area contributed by atoms with Gasteiger partial charge in [0.05, 0.1) is 6.61 Å². The third-order valence-electron chi connectivity index (χ3n) is 4.40. The fourth-order valence-corrected chi connectivity index (χ4v) is 2.86. The average Bonchev–Trinajstić information content (AvgIpc) is 2.97. The quantitative estimate of drug-likeness (QED) is 0.244. The zero-order valence-corrected chi connectivity index (χ0v) is 16.0. The van der Waals surface area contributed by atoms with E-state index in [1.54, 1.807) is 25.2 Å². The monoisotopic (exact) mass is 360 g/mol. The van der Waals surface area contributed by atoms with Crippen LogP contribution in [0.2, 0.25) is 0 Å². The maximum Gasteiger partial charge on any atom is 0.335 e. The highest BCUT2D eigenvalue weighted by atomic mass is 16.5. The van der Waals surface area contributed by atoms with Crippen LogP contribution in [0.5, 0.6) is 0 Å². The molecule has 1 aliphatic rings. The van der Waals surface area contributed by atoms with Crippen molar-refractivity contribution in [2.75, 3.05) is 6.61 Å². The average molecular weight is 360 g/mol. The SMILES string of the molecule is CCCCCCC=C[C@H]1C=CC(=O)[C@@H]1CC=C=CCC(O)C(=O)OCC. The Hall–Kier alpha value is -1.90. The standard InChI is InChI=1S/C22H32O4/c1-3-5-6-7-8-10-13-18-16-17-20(23)19(18)14-11-9-12-15-21(24)22(25)26-4-2/h10-13,16-19,21,24H,3-8,14-15H2,1-2H3/t9?,18-,19+,21?/m0/s1. The number of hydrogen-bond donors (Lipinski definition) is 1. The second kappa shape index (κ2) is 13.3. The third-order valence-corrected chi connectivity index (χ3v) is 4.40. The van der Waals surface area contributed by atoms with E-state index in [0.717, 1.165) is 6.42 Å². The highest BCUT2D eigenvalue weighted by Gasteiger charge is 2.26. The van der Waals surface area contributed by atoms with Gasteiger partial charge < -0.3 is 9.84 Å². The fraction of sp³-hybridized carbons (Fsp3) is 0.591. The number of allylic oxidation sites excluding steroid dienone is 4. The second-order valence-corrected chi connectivity index (χ2v) is 6.54. The minimum atomic E-state index is -1.16. The predicted octanol–water partition coefficient (Wildman–Crippen LogP) is 4.30. The zero-order valence-electron chi connectivity index (χ0n) is 16.0. The van der Waals surface area contributed by atoms with Gasteiger partial charge in [0.1, 0.15) is 0 Å². The molecule has 1 unspecified atom stereocenters. The number of rotatable bonds is 12. The third kappa shape index (κ3) is 8.46. The molecule has 0 spiro atoms. The van der Waals surface area contributed by atoms with Gasteiger partial charge in [-0.05, 0) is 44.4 Å². The molecule has 0 aromatic heterocycles. The fourth-order valence-electron chi connectivity index (χ4n) is 2.86. The summed E-state index contributed by atoms with van der Waals surface area (Å²) in [5.74, 6) is -0.394. The molecule has 4 heteroatoms. The molecule has 1 rings (SSSR count). The molecule has 1 aliphatic carbocycles. The lowest BCUT2D eigenvalue weighted by molar-refractivity contribution is -0.152. The molecular weight excluding hydrogens is 328 g/mol. The molecule has 4 nitrogen and oxygen atoms in total. The van der Waals surface area contributed by atoms with Gasteiger partial charge in [0, 0.05) is 18.3 Å². The zero-order chi connectivity index (χ0) is 19.2. The molecule has 0 saturated carbocycles. The van der Waals surface area contributed by atoms with Crippen LogP contribution in [0.25, 0.3) is 0 Å². The van der Waals surface area contributed by atoms with Crippen molar-refractivity contribution in [3.8, 4) is 0 Å². The summed E-state index contributed by atoms with van der Waals surface area (Å²) in [5.41, 5.74) is 2.95. The Bertz CT molecular complexity index is 552. The first-order valence-corrected chi connectivity index (χ1v) is 9.72. The molecule has 0 saturated heterocycles. The van der Waals surface area contributed by atoms with E-state index in [9.17, 15) is 14.7 Å². The number of unbranched alkanes of at least 4 members (excludes halogenated alkanes) is 4. The molecule has 0 aromatic rings. The summed E-state index contributed by atoms with van der Waals surface area (Å²) in [6, 6.07) is 0. The van der Waals surface area contributed by atoms with Crippen molar-refractivity contribution in [3.05, 3.63) is 42.2 Å². The molecule has 144 valence electrons. The number of hydrogen-bond acceptors (Lipinski definition) is 4. The summed E-state index contributed by atoms with van der Waals surface area (Å²) in [6.45, 7) is 4.15. The highest BCUT2D eigenvalue weighted by molar-refractivity contribution is 5.95. The van der Waals surface area contributed by atoms with Crippen LogP contribution in [0.1, 0.15) is 58.8 Å². The first-order valence-electron chi connectivity index (χ1n) is 9.72. The molecule has 3 atom stereocenters. The number of aliphatic hydroxyl groups excluding tert-OH is 1. The lowest BCUT2D eigenvalue weighted by atomic mass is 9.91. The molecule has 1 N–H and O–H groups in total. The number of carbonyl (C=O) groups is 2. The van der Waals surface area contributed by atoms with Crippen LogP contribution in [0, 0.1) is 11.8 Å². The van der Waals surface area contributed by atoms with Crippen LogP contribution in [-0.2, 0) is 14.3 Å². The van der Waals surface area contributed by atoms with E-state index < -0.39 is 12.1 Å². The first-order chi connectivity index (χ1) is 12.6. The van der Waals surface area contributed by atoms with Crippen LogP contribution < -0.4 is 0 Å². The van der Waals surface area contributed by atoms with E-state index >= 15 is 0 Å². The Morgan fingerprint density at radius 2 is 2.12 bits per heavy atom. The summed E-state index contributed by atoms with van der Waals surface area (Å²) in [5, 5.41) is 9.59. The molecular formula is C22H32O4. The largest absolute Gasteiger partial charge is 0.464 e. The molecule has 0 fully saturated rings. The number of esters is 1. The number of aliphatic hydroxyl groups is 1. The van der Waals surface area contributed by atoms with Gasteiger partial charge in [-0.25, -0.2) is 4.79 Å². The van der Waals surface area contributed by atoms with Crippen molar-refractivity contribution in [1.29, 1.82) is 0 Å². The maximum absolute atomic E-state index is 12.0. The van der Waals surface area contributed by atoms with Crippen LogP contribution in [-0.4, -0.2) is 29.6 Å². The van der Waals surface area contributed by atoms with Gasteiger partial charge >= 0.3 is 5.97 Å². The lowest BCUT2D eigenvalue weighted by Crippen LogP contribution is -2.22. The Morgan fingerprint density at radius 3 is 2.85 bits per heavy atom. The van der Waals surface area contributed by atoms with Crippen molar-refractivity contribution in [3.63, 3.8) is 0 Å². The normalized spacial score (nSPS) is 20.2. The van der Waals surface area contributed by atoms with E-state index in [1.807, 2.05) is 6.08 Å². The summed E-state index contributed by atoms with van der Waals surface area (Å²) >= 11 is 0. The van der Waals surface area contributed by atoms with Crippen molar-refractivity contribution >= 4 is 11.8 Å². The minimum Gasteiger partial charge on any atom is -0.464 e. The molecule has 0 bridgehead atoms. The van der Waals surface area contributed by atoms with Crippen LogP contribution in [0.15, 0.2) is 42.2 Å². The Labute approximate surface area is 157 Å². The van der Waals surface area contributed by atoms with Gasteiger partial charge in [-0.1, -0.05) is 44.4 Å². The van der Waals surface area contributed by atoms with Crippen molar-refractivity contribution in [2.24, 2.45) is 11.8 Å². The van der Waals surface area contributed by atoms with E-state index in [0.29, 0.717) is 6.42 Å². The number of carbonyl (C=O) groups excluding carboxylic acids is 2. The highest BCUT2D eigenvalue weighted by Crippen LogP contribution is 2.27. The molecule has 26 heavy (non-hydrogen) atoms. The number of ketones is 1. The lowest BCUT2D eigenvalue weighted by Gasteiger charge is -2.12. The molecule has 0 aliphatic heterocycles. The van der Waals surface area contributed by atoms with E-state index in [4.69, 9.17) is 4.74 Å². The Morgan fingerprint density at radius 1 is 1.31 bits per heavy atom. The first kappa shape index (κ1) is 22.1. The Kier molecular flexibility index (Phi) is 11.3. The van der Waals surface area contributed by atoms with Crippen molar-refractivity contribution in [2.45, 2.75) is 64.9 Å². The van der Waals surface area contributed by atoms with E-state index in [1.165, 1.54) is 25.7 Å². The van der Waals surface area contributed by atoms with Crippen LogP contribution in [0.3, 0.4) is 0 Å². The molecule has 0 radical (unpaired) electrons. The predicted molar refractivity (Wildman–Crippen MR) is 104 cm³/mol. The summed E-state index contributed by atoms with van der Waals surface area (Å²) < 4.78 is 4.73. The van der Waals surface area contributed by atoms with Gasteiger partial charge in [-0.3, -0.25) is 4.79 Å². The van der Waals surface area contributed by atoms with Gasteiger partial charge in [-0.2, -0.15) is 0 Å².